The molecule has 0 aromatic carbocycles. The lowest BCUT2D eigenvalue weighted by molar-refractivity contribution is 0.157. The molecule has 0 amide bonds. The van der Waals surface area contributed by atoms with E-state index in [0.29, 0.717) is 5.92 Å². The van der Waals surface area contributed by atoms with Crippen LogP contribution in [0.15, 0.2) is 23.8 Å². The Labute approximate surface area is 81.2 Å². The number of rotatable bonds is 3. The zero-order valence-electron chi connectivity index (χ0n) is 8.83. The van der Waals surface area contributed by atoms with E-state index >= 15 is 0 Å². The molecule has 1 heteroatoms. The van der Waals surface area contributed by atoms with Crippen molar-refractivity contribution in [1.82, 2.24) is 0 Å². The molecule has 3 atom stereocenters. The number of allylic oxidation sites excluding steroid dienone is 3. The molecule has 0 radical (unpaired) electrons. The molecule has 1 nitrogen and oxygen atoms in total. The number of hydrogen-bond donors (Lipinski definition) is 1. The average Bonchev–Trinajstić information content (AvgIpc) is 2.47. The molecule has 1 rings (SSSR count). The summed E-state index contributed by atoms with van der Waals surface area (Å²) in [5.41, 5.74) is 1.50. The lowest BCUT2D eigenvalue weighted by Gasteiger charge is -2.10. The molecule has 0 spiro atoms. The second-order valence-corrected chi connectivity index (χ2v) is 4.24. The van der Waals surface area contributed by atoms with Crippen LogP contribution < -0.4 is 0 Å². The van der Waals surface area contributed by atoms with Gasteiger partial charge in [-0.2, -0.15) is 0 Å². The fourth-order valence-electron chi connectivity index (χ4n) is 1.57. The van der Waals surface area contributed by atoms with Gasteiger partial charge in [0.25, 0.3) is 0 Å². The molecule has 13 heavy (non-hydrogen) atoms. The van der Waals surface area contributed by atoms with Gasteiger partial charge in [-0.25, -0.2) is 0 Å². The van der Waals surface area contributed by atoms with Gasteiger partial charge in [0.15, 0.2) is 0 Å². The van der Waals surface area contributed by atoms with Crippen LogP contribution in [0, 0.1) is 11.8 Å². The highest BCUT2D eigenvalue weighted by Crippen LogP contribution is 2.25. The number of hydrogen-bond acceptors (Lipinski definition) is 1. The third-order valence-corrected chi connectivity index (χ3v) is 2.80. The first-order chi connectivity index (χ1) is 6.09. The lowest BCUT2D eigenvalue weighted by Crippen LogP contribution is -2.10. The Morgan fingerprint density at radius 2 is 2.23 bits per heavy atom. The summed E-state index contributed by atoms with van der Waals surface area (Å²) < 4.78 is 0. The maximum atomic E-state index is 9.28. The fourth-order valence-corrected chi connectivity index (χ4v) is 1.57. The second kappa shape index (κ2) is 4.61. The minimum atomic E-state index is -0.230. The zero-order valence-corrected chi connectivity index (χ0v) is 8.83. The Balaban J connectivity index is 2.33. The Hall–Kier alpha value is -0.560. The predicted molar refractivity (Wildman–Crippen MR) is 56.5 cm³/mol. The minimum Gasteiger partial charge on any atom is -0.393 e. The largest absolute Gasteiger partial charge is 0.393 e. The van der Waals surface area contributed by atoms with Crippen molar-refractivity contribution in [2.24, 2.45) is 11.8 Å². The van der Waals surface area contributed by atoms with Gasteiger partial charge in [0, 0.05) is 0 Å². The molecule has 0 aromatic heterocycles. The summed E-state index contributed by atoms with van der Waals surface area (Å²) in [6.07, 6.45) is 8.85. The molecule has 0 saturated carbocycles. The summed E-state index contributed by atoms with van der Waals surface area (Å²) in [5.74, 6) is 0.960. The van der Waals surface area contributed by atoms with Crippen molar-refractivity contribution in [2.45, 2.75) is 39.7 Å². The van der Waals surface area contributed by atoms with E-state index in [-0.39, 0.29) is 12.0 Å². The molecule has 0 aliphatic heterocycles. The summed E-state index contributed by atoms with van der Waals surface area (Å²) in [5, 5.41) is 9.28. The predicted octanol–water partition coefficient (Wildman–Crippen LogP) is 2.92. The number of aliphatic hydroxyl groups is 1. The molecule has 74 valence electrons. The Kier molecular flexibility index (Phi) is 3.73. The third-order valence-electron chi connectivity index (χ3n) is 2.80. The van der Waals surface area contributed by atoms with Gasteiger partial charge in [0.05, 0.1) is 6.10 Å². The molecular weight excluding hydrogens is 160 g/mol. The number of aliphatic hydroxyl groups excluding tert-OH is 1. The highest BCUT2D eigenvalue weighted by Gasteiger charge is 2.11. The summed E-state index contributed by atoms with van der Waals surface area (Å²) in [7, 11) is 0. The van der Waals surface area contributed by atoms with E-state index in [1.807, 2.05) is 6.92 Å². The molecule has 0 saturated heterocycles. The molecule has 3 unspecified atom stereocenters. The van der Waals surface area contributed by atoms with Crippen LogP contribution in [0.1, 0.15) is 33.6 Å². The topological polar surface area (TPSA) is 20.2 Å². The first-order valence-electron chi connectivity index (χ1n) is 5.11. The summed E-state index contributed by atoms with van der Waals surface area (Å²) in [4.78, 5) is 0. The van der Waals surface area contributed by atoms with Crippen LogP contribution in [0.3, 0.4) is 0 Å². The SMILES string of the molecule is CC1=CCC(C=CC(C)C(C)O)C1. The first kappa shape index (κ1) is 10.5. The van der Waals surface area contributed by atoms with Crippen molar-refractivity contribution in [3.8, 4) is 0 Å². The van der Waals surface area contributed by atoms with E-state index in [1.54, 1.807) is 0 Å². The van der Waals surface area contributed by atoms with Crippen molar-refractivity contribution < 1.29 is 5.11 Å². The molecule has 0 aromatic rings. The van der Waals surface area contributed by atoms with E-state index in [4.69, 9.17) is 0 Å². The van der Waals surface area contributed by atoms with Crippen molar-refractivity contribution in [3.63, 3.8) is 0 Å². The monoisotopic (exact) mass is 180 g/mol. The minimum absolute atomic E-state index is 0.230. The summed E-state index contributed by atoms with van der Waals surface area (Å²) >= 11 is 0. The smallest absolute Gasteiger partial charge is 0.0572 e. The van der Waals surface area contributed by atoms with Crippen LogP contribution in [0.5, 0.6) is 0 Å². The van der Waals surface area contributed by atoms with Gasteiger partial charge in [0.2, 0.25) is 0 Å². The van der Waals surface area contributed by atoms with Crippen LogP contribution in [0.4, 0.5) is 0 Å². The van der Waals surface area contributed by atoms with Gasteiger partial charge >= 0.3 is 0 Å². The maximum Gasteiger partial charge on any atom is 0.0572 e. The fraction of sp³-hybridized carbons (Fsp3) is 0.667. The molecule has 1 N–H and O–H groups in total. The average molecular weight is 180 g/mol. The van der Waals surface area contributed by atoms with Gasteiger partial charge in [-0.1, -0.05) is 30.7 Å². The van der Waals surface area contributed by atoms with E-state index in [2.05, 4.69) is 32.1 Å². The van der Waals surface area contributed by atoms with Crippen LogP contribution >= 0.6 is 0 Å². The van der Waals surface area contributed by atoms with Crippen molar-refractivity contribution >= 4 is 0 Å². The van der Waals surface area contributed by atoms with E-state index in [1.165, 1.54) is 18.4 Å². The van der Waals surface area contributed by atoms with Gasteiger partial charge < -0.3 is 5.11 Å². The van der Waals surface area contributed by atoms with E-state index < -0.39 is 0 Å². The van der Waals surface area contributed by atoms with Gasteiger partial charge in [0.1, 0.15) is 0 Å². The van der Waals surface area contributed by atoms with E-state index in [9.17, 15) is 5.11 Å². The van der Waals surface area contributed by atoms with Crippen molar-refractivity contribution in [1.29, 1.82) is 0 Å². The van der Waals surface area contributed by atoms with Gasteiger partial charge in [-0.3, -0.25) is 0 Å². The molecule has 0 fully saturated rings. The lowest BCUT2D eigenvalue weighted by atomic mass is 10.00. The Morgan fingerprint density at radius 3 is 2.69 bits per heavy atom. The maximum absolute atomic E-state index is 9.28. The molecule has 1 aliphatic rings. The third kappa shape index (κ3) is 3.35. The quantitative estimate of drug-likeness (QED) is 0.662. The highest BCUT2D eigenvalue weighted by atomic mass is 16.3. The second-order valence-electron chi connectivity index (χ2n) is 4.24. The molecule has 1 aliphatic carbocycles. The normalized spacial score (nSPS) is 27.7. The van der Waals surface area contributed by atoms with Crippen LogP contribution in [-0.4, -0.2) is 11.2 Å². The first-order valence-corrected chi connectivity index (χ1v) is 5.11. The standard InChI is InChI=1S/C12H20O/c1-9-4-6-12(8-9)7-5-10(2)11(3)13/h4-5,7,10-13H,6,8H2,1-3H3. The van der Waals surface area contributed by atoms with Crippen molar-refractivity contribution in [2.75, 3.05) is 0 Å². The highest BCUT2D eigenvalue weighted by molar-refractivity contribution is 5.12. The Bertz CT molecular complexity index is 213. The van der Waals surface area contributed by atoms with Gasteiger partial charge in [-0.15, -0.1) is 0 Å². The van der Waals surface area contributed by atoms with Gasteiger partial charge in [-0.05, 0) is 38.5 Å². The summed E-state index contributed by atoms with van der Waals surface area (Å²) in [6, 6.07) is 0. The molecule has 0 bridgehead atoms. The zero-order chi connectivity index (χ0) is 9.84. The van der Waals surface area contributed by atoms with Crippen LogP contribution in [0.2, 0.25) is 0 Å². The van der Waals surface area contributed by atoms with Crippen LogP contribution in [0.25, 0.3) is 0 Å². The molecular formula is C12H20O. The van der Waals surface area contributed by atoms with E-state index in [0.717, 1.165) is 0 Å². The van der Waals surface area contributed by atoms with Crippen molar-refractivity contribution in [3.05, 3.63) is 23.8 Å². The Morgan fingerprint density at radius 1 is 1.54 bits per heavy atom. The summed E-state index contributed by atoms with van der Waals surface area (Å²) in [6.45, 7) is 6.08. The molecule has 0 heterocycles. The van der Waals surface area contributed by atoms with Crippen LogP contribution in [-0.2, 0) is 0 Å².